The van der Waals surface area contributed by atoms with Crippen molar-refractivity contribution in [2.45, 2.75) is 50.0 Å². The number of fused-ring (bicyclic) bond motifs is 1. The Morgan fingerprint density at radius 3 is 2.80 bits per heavy atom. The zero-order chi connectivity index (χ0) is 13.9. The van der Waals surface area contributed by atoms with E-state index in [1.165, 1.54) is 44.2 Å². The topological polar surface area (TPSA) is 55.3 Å². The second kappa shape index (κ2) is 4.14. The summed E-state index contributed by atoms with van der Waals surface area (Å²) < 4.78 is 0. The Hall–Kier alpha value is -1.22. The average molecular weight is 271 g/mol. The van der Waals surface area contributed by atoms with Gasteiger partial charge in [-0.05, 0) is 68.5 Å². The minimum absolute atomic E-state index is 0.394. The third kappa shape index (κ3) is 1.50. The highest BCUT2D eigenvalue weighted by Gasteiger charge is 2.53. The molecule has 2 fully saturated rings. The van der Waals surface area contributed by atoms with E-state index in [4.69, 9.17) is 11.5 Å². The van der Waals surface area contributed by atoms with E-state index in [1.54, 1.807) is 5.56 Å². The molecule has 1 saturated carbocycles. The third-order valence-electron chi connectivity index (χ3n) is 6.31. The summed E-state index contributed by atoms with van der Waals surface area (Å²) in [7, 11) is 2.30. The van der Waals surface area contributed by atoms with Gasteiger partial charge in [0.25, 0.3) is 0 Å². The molecule has 20 heavy (non-hydrogen) atoms. The number of rotatable bonds is 0. The van der Waals surface area contributed by atoms with Gasteiger partial charge in [0.05, 0.1) is 11.4 Å². The number of nitrogen functional groups attached to an aromatic ring is 2. The summed E-state index contributed by atoms with van der Waals surface area (Å²) in [5.41, 5.74) is 17.1. The first-order valence-electron chi connectivity index (χ1n) is 8.00. The lowest BCUT2D eigenvalue weighted by Crippen LogP contribution is -2.59. The Morgan fingerprint density at radius 2 is 1.95 bits per heavy atom. The van der Waals surface area contributed by atoms with E-state index in [1.807, 2.05) is 0 Å². The van der Waals surface area contributed by atoms with Gasteiger partial charge < -0.3 is 16.4 Å². The van der Waals surface area contributed by atoms with Gasteiger partial charge in [0.1, 0.15) is 0 Å². The molecule has 1 saturated heterocycles. The van der Waals surface area contributed by atoms with Gasteiger partial charge in [-0.3, -0.25) is 0 Å². The molecule has 3 atom stereocenters. The summed E-state index contributed by atoms with van der Waals surface area (Å²) in [6.07, 6.45) is 7.95. The van der Waals surface area contributed by atoms with Crippen LogP contribution in [-0.2, 0) is 11.8 Å². The lowest BCUT2D eigenvalue weighted by Gasteiger charge is -2.58. The average Bonchev–Trinajstić information content (AvgIpc) is 2.45. The van der Waals surface area contributed by atoms with E-state index in [0.717, 1.165) is 23.7 Å². The van der Waals surface area contributed by atoms with Crippen molar-refractivity contribution in [2.24, 2.45) is 5.92 Å². The first kappa shape index (κ1) is 12.5. The molecule has 1 aromatic rings. The maximum Gasteiger partial charge on any atom is 0.0550 e. The SMILES string of the molecule is CN1CCC23CCCC[C@H]2[C@H]1Cc1cc(N)c(N)cc13. The zero-order valence-corrected chi connectivity index (χ0v) is 12.4. The van der Waals surface area contributed by atoms with Gasteiger partial charge in [-0.2, -0.15) is 0 Å². The van der Waals surface area contributed by atoms with Crippen LogP contribution >= 0.6 is 0 Å². The van der Waals surface area contributed by atoms with Gasteiger partial charge >= 0.3 is 0 Å². The van der Waals surface area contributed by atoms with Crippen LogP contribution in [0.3, 0.4) is 0 Å². The van der Waals surface area contributed by atoms with Gasteiger partial charge in [0, 0.05) is 11.5 Å². The van der Waals surface area contributed by atoms with Crippen LogP contribution in [0.25, 0.3) is 0 Å². The molecule has 1 aliphatic heterocycles. The monoisotopic (exact) mass is 271 g/mol. The Balaban J connectivity index is 1.92. The molecular weight excluding hydrogens is 246 g/mol. The number of nitrogens with two attached hydrogens (primary N) is 2. The predicted octanol–water partition coefficient (Wildman–Crippen LogP) is 2.54. The molecule has 108 valence electrons. The summed E-state index contributed by atoms with van der Waals surface area (Å²) in [5, 5.41) is 0. The van der Waals surface area contributed by atoms with Gasteiger partial charge in [0.2, 0.25) is 0 Å². The highest BCUT2D eigenvalue weighted by atomic mass is 15.1. The van der Waals surface area contributed by atoms with E-state index in [9.17, 15) is 0 Å². The Bertz CT molecular complexity index is 553. The fraction of sp³-hybridized carbons (Fsp3) is 0.647. The first-order chi connectivity index (χ1) is 9.62. The summed E-state index contributed by atoms with van der Waals surface area (Å²) in [5.74, 6) is 0.825. The number of anilines is 2. The normalized spacial score (nSPS) is 36.2. The first-order valence-corrected chi connectivity index (χ1v) is 8.00. The van der Waals surface area contributed by atoms with Crippen LogP contribution in [0.4, 0.5) is 11.4 Å². The van der Waals surface area contributed by atoms with Gasteiger partial charge in [0.15, 0.2) is 0 Å². The largest absolute Gasteiger partial charge is 0.397 e. The van der Waals surface area contributed by atoms with Crippen LogP contribution in [0.5, 0.6) is 0 Å². The highest BCUT2D eigenvalue weighted by Crippen LogP contribution is 2.56. The van der Waals surface area contributed by atoms with Crippen molar-refractivity contribution in [1.29, 1.82) is 0 Å². The number of nitrogens with zero attached hydrogens (tertiary/aromatic N) is 1. The standard InChI is InChI=1S/C17H25N3/c1-20-7-6-17-5-3-2-4-12(17)16(20)9-11-8-14(18)15(19)10-13(11)17/h8,10,12,16H,2-7,9,18-19H2,1H3/t12-,16+,17?/m0/s1. The van der Waals surface area contributed by atoms with Crippen LogP contribution < -0.4 is 11.5 Å². The van der Waals surface area contributed by atoms with Gasteiger partial charge in [-0.25, -0.2) is 0 Å². The number of hydrogen-bond acceptors (Lipinski definition) is 3. The van der Waals surface area contributed by atoms with Crippen molar-refractivity contribution in [1.82, 2.24) is 4.90 Å². The van der Waals surface area contributed by atoms with Crippen molar-refractivity contribution >= 4 is 11.4 Å². The van der Waals surface area contributed by atoms with Crippen LogP contribution in [0.2, 0.25) is 0 Å². The van der Waals surface area contributed by atoms with Crippen LogP contribution in [0.15, 0.2) is 12.1 Å². The molecule has 0 spiro atoms. The molecule has 2 aliphatic carbocycles. The van der Waals surface area contributed by atoms with Crippen LogP contribution in [-0.4, -0.2) is 24.5 Å². The van der Waals surface area contributed by atoms with E-state index in [0.29, 0.717) is 11.5 Å². The molecule has 4 rings (SSSR count). The van der Waals surface area contributed by atoms with Gasteiger partial charge in [-0.1, -0.05) is 12.8 Å². The zero-order valence-electron chi connectivity index (χ0n) is 12.4. The molecular formula is C17H25N3. The van der Waals surface area contributed by atoms with E-state index < -0.39 is 0 Å². The van der Waals surface area contributed by atoms with Crippen molar-refractivity contribution in [3.63, 3.8) is 0 Å². The Morgan fingerprint density at radius 1 is 1.15 bits per heavy atom. The Kier molecular flexibility index (Phi) is 2.59. The lowest BCUT2D eigenvalue weighted by molar-refractivity contribution is 0.00293. The fourth-order valence-corrected chi connectivity index (χ4v) is 5.29. The van der Waals surface area contributed by atoms with Crippen molar-refractivity contribution in [3.05, 3.63) is 23.3 Å². The summed E-state index contributed by atoms with van der Waals surface area (Å²) in [6.45, 7) is 1.23. The molecule has 0 aromatic heterocycles. The minimum Gasteiger partial charge on any atom is -0.397 e. The van der Waals surface area contributed by atoms with Gasteiger partial charge in [-0.15, -0.1) is 0 Å². The summed E-state index contributed by atoms with van der Waals surface area (Å²) in [4.78, 5) is 2.59. The molecule has 3 aliphatic rings. The van der Waals surface area contributed by atoms with Crippen molar-refractivity contribution < 1.29 is 0 Å². The molecule has 3 nitrogen and oxygen atoms in total. The highest BCUT2D eigenvalue weighted by molar-refractivity contribution is 5.67. The fourth-order valence-electron chi connectivity index (χ4n) is 5.29. The quantitative estimate of drug-likeness (QED) is 0.713. The maximum atomic E-state index is 6.12. The minimum atomic E-state index is 0.394. The van der Waals surface area contributed by atoms with E-state index in [2.05, 4.69) is 24.1 Å². The molecule has 1 unspecified atom stereocenters. The molecule has 0 radical (unpaired) electrons. The Labute approximate surface area is 121 Å². The maximum absolute atomic E-state index is 6.12. The van der Waals surface area contributed by atoms with Crippen LogP contribution in [0, 0.1) is 5.92 Å². The third-order valence-corrected chi connectivity index (χ3v) is 6.31. The molecule has 4 N–H and O–H groups in total. The summed E-state index contributed by atoms with van der Waals surface area (Å²) in [6, 6.07) is 5.08. The van der Waals surface area contributed by atoms with E-state index in [-0.39, 0.29) is 0 Å². The molecule has 2 bridgehead atoms. The van der Waals surface area contributed by atoms with Crippen molar-refractivity contribution in [3.8, 4) is 0 Å². The molecule has 1 aromatic carbocycles. The molecule has 0 amide bonds. The molecule has 1 heterocycles. The predicted molar refractivity (Wildman–Crippen MR) is 83.6 cm³/mol. The second-order valence-electron chi connectivity index (χ2n) is 7.15. The number of hydrogen-bond donors (Lipinski definition) is 2. The van der Waals surface area contributed by atoms with Crippen molar-refractivity contribution in [2.75, 3.05) is 25.1 Å². The smallest absolute Gasteiger partial charge is 0.0550 e. The van der Waals surface area contributed by atoms with E-state index >= 15 is 0 Å². The number of piperidine rings is 1. The number of likely N-dealkylation sites (N-methyl/N-ethyl adjacent to an activating group) is 1. The van der Waals surface area contributed by atoms with Crippen LogP contribution in [0.1, 0.15) is 43.2 Å². The summed E-state index contributed by atoms with van der Waals surface area (Å²) >= 11 is 0. The number of likely N-dealkylation sites (tertiary alicyclic amines) is 1. The number of benzene rings is 1. The second-order valence-corrected chi connectivity index (χ2v) is 7.15. The lowest BCUT2D eigenvalue weighted by atomic mass is 9.52. The molecule has 3 heteroatoms.